The molecule has 0 spiro atoms. The lowest BCUT2D eigenvalue weighted by Gasteiger charge is -1.94. The third kappa shape index (κ3) is 1.14. The first-order chi connectivity index (χ1) is 5.86. The van der Waals surface area contributed by atoms with E-state index in [-0.39, 0.29) is 5.75 Å². The molecule has 0 bridgehead atoms. The first-order valence-corrected chi connectivity index (χ1v) is 3.51. The van der Waals surface area contributed by atoms with Gasteiger partial charge in [0, 0.05) is 5.56 Å². The van der Waals surface area contributed by atoms with Gasteiger partial charge in [-0.25, -0.2) is 0 Å². The Labute approximate surface area is 68.9 Å². The SMILES string of the molecule is Oc1ccc(-c2cn[nH]n2)cc1. The van der Waals surface area contributed by atoms with Gasteiger partial charge in [-0.1, -0.05) is 0 Å². The van der Waals surface area contributed by atoms with Crippen LogP contribution in [0.5, 0.6) is 5.75 Å². The number of rotatable bonds is 1. The predicted molar refractivity (Wildman–Crippen MR) is 43.5 cm³/mol. The van der Waals surface area contributed by atoms with Crippen LogP contribution in [0.4, 0.5) is 0 Å². The predicted octanol–water partition coefficient (Wildman–Crippen LogP) is 1.18. The van der Waals surface area contributed by atoms with Crippen molar-refractivity contribution in [3.05, 3.63) is 30.5 Å². The molecular weight excluding hydrogens is 154 g/mol. The Morgan fingerprint density at radius 2 is 1.92 bits per heavy atom. The van der Waals surface area contributed by atoms with E-state index in [1.54, 1.807) is 30.5 Å². The summed E-state index contributed by atoms with van der Waals surface area (Å²) in [6.45, 7) is 0. The van der Waals surface area contributed by atoms with E-state index in [0.29, 0.717) is 0 Å². The Bertz CT molecular complexity index is 352. The fourth-order valence-electron chi connectivity index (χ4n) is 0.973. The zero-order valence-electron chi connectivity index (χ0n) is 6.23. The van der Waals surface area contributed by atoms with Crippen molar-refractivity contribution in [1.29, 1.82) is 0 Å². The third-order valence-corrected chi connectivity index (χ3v) is 1.58. The summed E-state index contributed by atoms with van der Waals surface area (Å²) in [5, 5.41) is 19.1. The van der Waals surface area contributed by atoms with E-state index >= 15 is 0 Å². The molecule has 2 rings (SSSR count). The molecule has 60 valence electrons. The number of benzene rings is 1. The number of aromatic amines is 1. The van der Waals surface area contributed by atoms with Crippen molar-refractivity contribution < 1.29 is 5.11 Å². The number of nitrogens with one attached hydrogen (secondary N) is 1. The van der Waals surface area contributed by atoms with E-state index in [2.05, 4.69) is 15.4 Å². The summed E-state index contributed by atoms with van der Waals surface area (Å²) in [5.74, 6) is 0.252. The topological polar surface area (TPSA) is 61.8 Å². The van der Waals surface area contributed by atoms with Gasteiger partial charge in [0.25, 0.3) is 0 Å². The standard InChI is InChI=1S/C8H7N3O/c12-7-3-1-6(2-4-7)8-5-9-11-10-8/h1-5,12H,(H,9,10,11). The van der Waals surface area contributed by atoms with E-state index in [4.69, 9.17) is 5.11 Å². The summed E-state index contributed by atoms with van der Waals surface area (Å²) < 4.78 is 0. The molecule has 12 heavy (non-hydrogen) atoms. The van der Waals surface area contributed by atoms with Crippen LogP contribution in [0, 0.1) is 0 Å². The van der Waals surface area contributed by atoms with Crippen LogP contribution in [0.15, 0.2) is 30.5 Å². The number of hydrogen-bond acceptors (Lipinski definition) is 3. The van der Waals surface area contributed by atoms with Crippen molar-refractivity contribution in [2.75, 3.05) is 0 Å². The van der Waals surface area contributed by atoms with Gasteiger partial charge in [-0.15, -0.1) is 0 Å². The molecule has 1 heterocycles. The summed E-state index contributed by atoms with van der Waals surface area (Å²) in [6.07, 6.45) is 1.63. The second-order valence-corrected chi connectivity index (χ2v) is 2.40. The molecule has 4 heteroatoms. The molecule has 0 aliphatic carbocycles. The quantitative estimate of drug-likeness (QED) is 0.660. The number of aromatic hydroxyl groups is 1. The lowest BCUT2D eigenvalue weighted by molar-refractivity contribution is 0.475. The number of nitrogens with zero attached hydrogens (tertiary/aromatic N) is 2. The molecule has 1 aromatic heterocycles. The lowest BCUT2D eigenvalue weighted by Crippen LogP contribution is -1.76. The molecule has 2 N–H and O–H groups in total. The van der Waals surface area contributed by atoms with Crippen molar-refractivity contribution in [3.63, 3.8) is 0 Å². The molecule has 0 atom stereocenters. The summed E-state index contributed by atoms with van der Waals surface area (Å²) >= 11 is 0. The van der Waals surface area contributed by atoms with Crippen LogP contribution >= 0.6 is 0 Å². The highest BCUT2D eigenvalue weighted by Gasteiger charge is 1.98. The van der Waals surface area contributed by atoms with Gasteiger partial charge in [-0.3, -0.25) is 0 Å². The minimum absolute atomic E-state index is 0.252. The van der Waals surface area contributed by atoms with Gasteiger partial charge in [-0.05, 0) is 24.3 Å². The van der Waals surface area contributed by atoms with Gasteiger partial charge in [0.1, 0.15) is 11.4 Å². The van der Waals surface area contributed by atoms with Crippen LogP contribution in [-0.2, 0) is 0 Å². The molecule has 0 amide bonds. The largest absolute Gasteiger partial charge is 0.508 e. The maximum Gasteiger partial charge on any atom is 0.115 e. The fraction of sp³-hybridized carbons (Fsp3) is 0. The van der Waals surface area contributed by atoms with Crippen LogP contribution < -0.4 is 0 Å². The molecule has 0 aliphatic heterocycles. The second-order valence-electron chi connectivity index (χ2n) is 2.40. The number of aromatic nitrogens is 3. The lowest BCUT2D eigenvalue weighted by atomic mass is 10.2. The van der Waals surface area contributed by atoms with E-state index in [1.807, 2.05) is 0 Å². The van der Waals surface area contributed by atoms with Gasteiger partial charge in [0.15, 0.2) is 0 Å². The van der Waals surface area contributed by atoms with Crippen molar-refractivity contribution in [2.45, 2.75) is 0 Å². The van der Waals surface area contributed by atoms with E-state index in [0.717, 1.165) is 11.3 Å². The Morgan fingerprint density at radius 1 is 1.17 bits per heavy atom. The highest BCUT2D eigenvalue weighted by atomic mass is 16.3. The second kappa shape index (κ2) is 2.65. The summed E-state index contributed by atoms with van der Waals surface area (Å²) in [4.78, 5) is 0. The molecule has 4 nitrogen and oxygen atoms in total. The van der Waals surface area contributed by atoms with Crippen LogP contribution in [-0.4, -0.2) is 20.5 Å². The van der Waals surface area contributed by atoms with E-state index in [9.17, 15) is 0 Å². The molecule has 1 aromatic carbocycles. The van der Waals surface area contributed by atoms with Crippen LogP contribution in [0.25, 0.3) is 11.3 Å². The Kier molecular flexibility index (Phi) is 1.51. The zero-order valence-corrected chi connectivity index (χ0v) is 6.23. The minimum Gasteiger partial charge on any atom is -0.508 e. The first kappa shape index (κ1) is 6.84. The maximum atomic E-state index is 9.01. The molecular formula is C8H7N3O. The molecule has 0 unspecified atom stereocenters. The van der Waals surface area contributed by atoms with E-state index in [1.165, 1.54) is 0 Å². The highest BCUT2D eigenvalue weighted by molar-refractivity contribution is 5.58. The number of hydrogen-bond donors (Lipinski definition) is 2. The van der Waals surface area contributed by atoms with Gasteiger partial charge in [0.2, 0.25) is 0 Å². The van der Waals surface area contributed by atoms with Crippen molar-refractivity contribution in [3.8, 4) is 17.0 Å². The van der Waals surface area contributed by atoms with Gasteiger partial charge in [-0.2, -0.15) is 15.4 Å². The summed E-state index contributed by atoms with van der Waals surface area (Å²) in [6, 6.07) is 6.80. The third-order valence-electron chi connectivity index (χ3n) is 1.58. The monoisotopic (exact) mass is 161 g/mol. The Morgan fingerprint density at radius 3 is 2.50 bits per heavy atom. The first-order valence-electron chi connectivity index (χ1n) is 3.51. The van der Waals surface area contributed by atoms with Crippen molar-refractivity contribution >= 4 is 0 Å². The fourth-order valence-corrected chi connectivity index (χ4v) is 0.973. The molecule has 0 fully saturated rings. The summed E-state index contributed by atoms with van der Waals surface area (Å²) in [5.41, 5.74) is 1.71. The van der Waals surface area contributed by atoms with Gasteiger partial charge < -0.3 is 5.11 Å². The average Bonchev–Trinajstić information content (AvgIpc) is 2.58. The highest BCUT2D eigenvalue weighted by Crippen LogP contribution is 2.18. The zero-order chi connectivity index (χ0) is 8.39. The smallest absolute Gasteiger partial charge is 0.115 e. The average molecular weight is 161 g/mol. The number of phenols is 1. The summed E-state index contributed by atoms with van der Waals surface area (Å²) in [7, 11) is 0. The number of phenolic OH excluding ortho intramolecular Hbond substituents is 1. The minimum atomic E-state index is 0.252. The van der Waals surface area contributed by atoms with Crippen molar-refractivity contribution in [1.82, 2.24) is 15.4 Å². The van der Waals surface area contributed by atoms with Crippen molar-refractivity contribution in [2.24, 2.45) is 0 Å². The molecule has 0 radical (unpaired) electrons. The maximum absolute atomic E-state index is 9.01. The molecule has 2 aromatic rings. The molecule has 0 aliphatic rings. The van der Waals surface area contributed by atoms with Crippen LogP contribution in [0.1, 0.15) is 0 Å². The normalized spacial score (nSPS) is 10.0. The molecule has 0 saturated carbocycles. The number of H-pyrrole nitrogens is 1. The molecule has 0 saturated heterocycles. The Balaban J connectivity index is 2.43. The van der Waals surface area contributed by atoms with E-state index < -0.39 is 0 Å². The van der Waals surface area contributed by atoms with Gasteiger partial charge >= 0.3 is 0 Å². The van der Waals surface area contributed by atoms with Crippen LogP contribution in [0.2, 0.25) is 0 Å². The Hall–Kier alpha value is -1.84. The van der Waals surface area contributed by atoms with Crippen LogP contribution in [0.3, 0.4) is 0 Å². The van der Waals surface area contributed by atoms with Gasteiger partial charge in [0.05, 0.1) is 6.20 Å².